The number of anilines is 1. The van der Waals surface area contributed by atoms with Gasteiger partial charge in [0.15, 0.2) is 0 Å². The Morgan fingerprint density at radius 3 is 2.53 bits per heavy atom. The number of hydrazine groups is 1. The van der Waals surface area contributed by atoms with Crippen LogP contribution in [0.4, 0.5) is 5.69 Å². The van der Waals surface area contributed by atoms with Gasteiger partial charge in [0.2, 0.25) is 0 Å². The van der Waals surface area contributed by atoms with E-state index in [1.807, 2.05) is 0 Å². The van der Waals surface area contributed by atoms with Gasteiger partial charge in [0, 0.05) is 17.6 Å². The second kappa shape index (κ2) is 4.07. The Bertz CT molecular complexity index is 336. The van der Waals surface area contributed by atoms with Crippen LogP contribution in [0.2, 0.25) is 0 Å². The molecule has 0 aromatic heterocycles. The van der Waals surface area contributed by atoms with Crippen molar-refractivity contribution in [2.75, 3.05) is 12.0 Å². The maximum atomic E-state index is 3.86. The van der Waals surface area contributed by atoms with Crippen molar-refractivity contribution in [3.05, 3.63) is 42.5 Å². The van der Waals surface area contributed by atoms with Crippen molar-refractivity contribution in [3.8, 4) is 0 Å². The van der Waals surface area contributed by atoms with Gasteiger partial charge in [0.1, 0.15) is 0 Å². The number of nitrogens with one attached hydrogen (secondary N) is 2. The second-order valence-electron chi connectivity index (χ2n) is 4.41. The van der Waals surface area contributed by atoms with E-state index < -0.39 is 0 Å². The molecule has 15 heavy (non-hydrogen) atoms. The summed E-state index contributed by atoms with van der Waals surface area (Å²) in [5.74, 6) is 0. The van der Waals surface area contributed by atoms with Crippen molar-refractivity contribution in [1.29, 1.82) is 0 Å². The Hall–Kier alpha value is -1.28. The van der Waals surface area contributed by atoms with Crippen molar-refractivity contribution in [3.63, 3.8) is 0 Å². The fourth-order valence-corrected chi connectivity index (χ4v) is 1.57. The number of hydrogen-bond donors (Lipinski definition) is 2. The van der Waals surface area contributed by atoms with Gasteiger partial charge in [-0.15, -0.1) is 6.58 Å². The van der Waals surface area contributed by atoms with Crippen LogP contribution in [0.5, 0.6) is 0 Å². The molecule has 0 heterocycles. The van der Waals surface area contributed by atoms with E-state index in [1.54, 1.807) is 0 Å². The third-order valence-electron chi connectivity index (χ3n) is 3.05. The summed E-state index contributed by atoms with van der Waals surface area (Å²) in [7, 11) is 0. The number of aryl methyl sites for hydroxylation is 1. The van der Waals surface area contributed by atoms with Gasteiger partial charge in [0.05, 0.1) is 0 Å². The van der Waals surface area contributed by atoms with Gasteiger partial charge in [-0.05, 0) is 31.9 Å². The summed E-state index contributed by atoms with van der Waals surface area (Å²) >= 11 is 0. The van der Waals surface area contributed by atoms with Crippen LogP contribution in [-0.2, 0) is 0 Å². The highest BCUT2D eigenvalue weighted by atomic mass is 15.4. The Morgan fingerprint density at radius 1 is 1.33 bits per heavy atom. The summed E-state index contributed by atoms with van der Waals surface area (Å²) in [6.45, 7) is 6.92. The predicted octanol–water partition coefficient (Wildman–Crippen LogP) is 2.88. The van der Waals surface area contributed by atoms with E-state index in [0.29, 0.717) is 5.41 Å². The van der Waals surface area contributed by atoms with Crippen LogP contribution in [0.15, 0.2) is 36.9 Å². The summed E-state index contributed by atoms with van der Waals surface area (Å²) in [5, 5.41) is 0. The number of benzene rings is 1. The summed E-state index contributed by atoms with van der Waals surface area (Å²) in [4.78, 5) is 0. The Balaban J connectivity index is 1.78. The van der Waals surface area contributed by atoms with Crippen LogP contribution in [0.1, 0.15) is 18.4 Å². The second-order valence-corrected chi connectivity index (χ2v) is 4.41. The molecule has 2 nitrogen and oxygen atoms in total. The van der Waals surface area contributed by atoms with Crippen LogP contribution in [-0.4, -0.2) is 6.54 Å². The van der Waals surface area contributed by atoms with Crippen LogP contribution < -0.4 is 10.9 Å². The minimum absolute atomic E-state index is 0.359. The van der Waals surface area contributed by atoms with E-state index >= 15 is 0 Å². The van der Waals surface area contributed by atoms with Crippen LogP contribution >= 0.6 is 0 Å². The molecule has 2 N–H and O–H groups in total. The first-order valence-electron chi connectivity index (χ1n) is 5.43. The molecule has 0 saturated heterocycles. The lowest BCUT2D eigenvalue weighted by molar-refractivity contribution is 0.589. The third kappa shape index (κ3) is 2.60. The summed E-state index contributed by atoms with van der Waals surface area (Å²) in [6, 6.07) is 8.36. The molecule has 1 aliphatic rings. The Labute approximate surface area is 91.4 Å². The standard InChI is InChI=1S/C13H18N2/c1-3-13(8-9-13)10-14-15-12-6-4-11(2)5-7-12/h3-7,14-15H,1,8-10H2,2H3. The van der Waals surface area contributed by atoms with Crippen LogP contribution in [0.25, 0.3) is 0 Å². The topological polar surface area (TPSA) is 24.1 Å². The first-order chi connectivity index (χ1) is 7.24. The molecule has 1 saturated carbocycles. The van der Waals surface area contributed by atoms with Gasteiger partial charge >= 0.3 is 0 Å². The zero-order valence-electron chi connectivity index (χ0n) is 9.22. The lowest BCUT2D eigenvalue weighted by atomic mass is 10.1. The molecule has 1 aliphatic carbocycles. The van der Waals surface area contributed by atoms with Crippen molar-refractivity contribution in [1.82, 2.24) is 5.43 Å². The van der Waals surface area contributed by atoms with E-state index in [-0.39, 0.29) is 0 Å². The van der Waals surface area contributed by atoms with Gasteiger partial charge < -0.3 is 5.43 Å². The minimum Gasteiger partial charge on any atom is -0.321 e. The predicted molar refractivity (Wildman–Crippen MR) is 64.7 cm³/mol. The molecule has 2 heteroatoms. The molecule has 1 aromatic rings. The quantitative estimate of drug-likeness (QED) is 0.566. The Morgan fingerprint density at radius 2 is 2.00 bits per heavy atom. The van der Waals surface area contributed by atoms with E-state index in [1.165, 1.54) is 18.4 Å². The zero-order chi connectivity index (χ0) is 10.7. The first kappa shape index (κ1) is 10.2. The molecule has 0 spiro atoms. The summed E-state index contributed by atoms with van der Waals surface area (Å²) < 4.78 is 0. The fraction of sp³-hybridized carbons (Fsp3) is 0.385. The first-order valence-corrected chi connectivity index (χ1v) is 5.43. The van der Waals surface area contributed by atoms with E-state index in [2.05, 4.69) is 54.7 Å². The molecule has 1 aromatic carbocycles. The summed E-state index contributed by atoms with van der Waals surface area (Å²) in [6.07, 6.45) is 4.59. The van der Waals surface area contributed by atoms with Crippen molar-refractivity contribution < 1.29 is 0 Å². The lowest BCUT2D eigenvalue weighted by Gasteiger charge is -2.13. The molecule has 2 rings (SSSR count). The number of rotatable bonds is 5. The zero-order valence-corrected chi connectivity index (χ0v) is 9.22. The maximum absolute atomic E-state index is 3.86. The minimum atomic E-state index is 0.359. The summed E-state index contributed by atoms with van der Waals surface area (Å²) in [5.41, 5.74) is 9.21. The maximum Gasteiger partial charge on any atom is 0.0487 e. The molecule has 0 bridgehead atoms. The lowest BCUT2D eigenvalue weighted by Crippen LogP contribution is -2.28. The molecule has 80 valence electrons. The molecule has 1 fully saturated rings. The van der Waals surface area contributed by atoms with Gasteiger partial charge in [0.25, 0.3) is 0 Å². The average Bonchev–Trinajstić information content (AvgIpc) is 3.02. The van der Waals surface area contributed by atoms with Crippen LogP contribution in [0.3, 0.4) is 0 Å². The third-order valence-corrected chi connectivity index (χ3v) is 3.05. The fourth-order valence-electron chi connectivity index (χ4n) is 1.57. The van der Waals surface area contributed by atoms with Crippen molar-refractivity contribution in [2.45, 2.75) is 19.8 Å². The van der Waals surface area contributed by atoms with E-state index in [0.717, 1.165) is 12.2 Å². The van der Waals surface area contributed by atoms with E-state index in [9.17, 15) is 0 Å². The van der Waals surface area contributed by atoms with Gasteiger partial charge in [-0.1, -0.05) is 23.8 Å². The van der Waals surface area contributed by atoms with Gasteiger partial charge in [-0.2, -0.15) is 0 Å². The molecular formula is C13H18N2. The molecule has 0 unspecified atom stereocenters. The SMILES string of the molecule is C=CC1(CNNc2ccc(C)cc2)CC1. The van der Waals surface area contributed by atoms with E-state index in [4.69, 9.17) is 0 Å². The highest BCUT2D eigenvalue weighted by molar-refractivity contribution is 5.43. The average molecular weight is 202 g/mol. The van der Waals surface area contributed by atoms with Gasteiger partial charge in [-0.3, -0.25) is 0 Å². The molecule has 0 amide bonds. The highest BCUT2D eigenvalue weighted by Gasteiger charge is 2.38. The van der Waals surface area contributed by atoms with Crippen LogP contribution in [0, 0.1) is 12.3 Å². The van der Waals surface area contributed by atoms with Crippen molar-refractivity contribution in [2.24, 2.45) is 5.41 Å². The monoisotopic (exact) mass is 202 g/mol. The van der Waals surface area contributed by atoms with Gasteiger partial charge in [-0.25, -0.2) is 5.43 Å². The Kier molecular flexibility index (Phi) is 2.78. The normalized spacial score (nSPS) is 17.1. The largest absolute Gasteiger partial charge is 0.321 e. The number of hydrogen-bond acceptors (Lipinski definition) is 2. The molecule has 0 radical (unpaired) electrons. The molecule has 0 atom stereocenters. The highest BCUT2D eigenvalue weighted by Crippen LogP contribution is 2.45. The smallest absolute Gasteiger partial charge is 0.0487 e. The van der Waals surface area contributed by atoms with Crippen molar-refractivity contribution >= 4 is 5.69 Å². The molecule has 0 aliphatic heterocycles. The molecular weight excluding hydrogens is 184 g/mol.